The highest BCUT2D eigenvalue weighted by Gasteiger charge is 2.22. The molecule has 1 aromatic heterocycles. The van der Waals surface area contributed by atoms with Crippen LogP contribution in [0.5, 0.6) is 0 Å². The summed E-state index contributed by atoms with van der Waals surface area (Å²) < 4.78 is 6.45. The number of hydrogen-bond acceptors (Lipinski definition) is 5. The number of rotatable bonds is 6. The molecule has 0 bridgehead atoms. The lowest BCUT2D eigenvalue weighted by Gasteiger charge is -2.29. The van der Waals surface area contributed by atoms with Gasteiger partial charge >= 0.3 is 0 Å². The average molecular weight is 430 g/mol. The Kier molecular flexibility index (Phi) is 6.45. The molecule has 7 heteroatoms. The largest absolute Gasteiger partial charge is 0.379 e. The van der Waals surface area contributed by atoms with Crippen LogP contribution in [0.3, 0.4) is 0 Å². The van der Waals surface area contributed by atoms with Gasteiger partial charge in [-0.1, -0.05) is 53.3 Å². The fourth-order valence-corrected chi connectivity index (χ4v) is 4.98. The van der Waals surface area contributed by atoms with Crippen LogP contribution < -0.4 is 4.90 Å². The van der Waals surface area contributed by atoms with E-state index >= 15 is 0 Å². The summed E-state index contributed by atoms with van der Waals surface area (Å²) in [7, 11) is 0. The molecule has 0 radical (unpaired) electrons. The van der Waals surface area contributed by atoms with E-state index < -0.39 is 0 Å². The number of morpholine rings is 1. The van der Waals surface area contributed by atoms with Gasteiger partial charge in [-0.15, -0.1) is 0 Å². The van der Waals surface area contributed by atoms with E-state index in [9.17, 15) is 4.79 Å². The Hall–Kier alpha value is -1.99. The number of ether oxygens (including phenoxy) is 1. The van der Waals surface area contributed by atoms with Crippen LogP contribution in [0.4, 0.5) is 5.13 Å². The second-order valence-corrected chi connectivity index (χ2v) is 8.67. The number of carbonyl (C=O) groups excluding carboxylic acids is 1. The summed E-state index contributed by atoms with van der Waals surface area (Å²) in [4.78, 5) is 22.2. The van der Waals surface area contributed by atoms with Crippen molar-refractivity contribution in [3.63, 3.8) is 0 Å². The molecule has 2 aromatic carbocycles. The van der Waals surface area contributed by atoms with E-state index in [-0.39, 0.29) is 5.91 Å². The third-order valence-electron chi connectivity index (χ3n) is 5.11. The van der Waals surface area contributed by atoms with Gasteiger partial charge in [0.05, 0.1) is 29.9 Å². The van der Waals surface area contributed by atoms with Crippen LogP contribution in [0.15, 0.2) is 42.5 Å². The van der Waals surface area contributed by atoms with Gasteiger partial charge in [0.15, 0.2) is 5.13 Å². The maximum absolute atomic E-state index is 13.2. The van der Waals surface area contributed by atoms with Gasteiger partial charge in [-0.3, -0.25) is 14.6 Å². The highest BCUT2D eigenvalue weighted by Crippen LogP contribution is 2.33. The van der Waals surface area contributed by atoms with Gasteiger partial charge in [0.2, 0.25) is 5.91 Å². The molecule has 0 spiro atoms. The van der Waals surface area contributed by atoms with Crippen molar-refractivity contribution in [1.82, 2.24) is 9.88 Å². The SMILES string of the molecule is Cc1cc(Cl)cc2sc(N(CCN3CCOCC3)C(=O)Cc3ccccc3)nc12. The third-order valence-corrected chi connectivity index (χ3v) is 6.36. The van der Waals surface area contributed by atoms with E-state index in [2.05, 4.69) is 4.90 Å². The van der Waals surface area contributed by atoms with Crippen molar-refractivity contribution in [3.05, 3.63) is 58.6 Å². The van der Waals surface area contributed by atoms with E-state index in [1.165, 1.54) is 11.3 Å². The molecular weight excluding hydrogens is 406 g/mol. The minimum absolute atomic E-state index is 0.0623. The Morgan fingerprint density at radius 2 is 2.00 bits per heavy atom. The standard InChI is InChI=1S/C22H24ClN3O2S/c1-16-13-18(23)15-19-21(16)24-22(29-19)26(8-7-25-9-11-28-12-10-25)20(27)14-17-5-3-2-4-6-17/h2-6,13,15H,7-12,14H2,1H3. The van der Waals surface area contributed by atoms with Crippen LogP contribution >= 0.6 is 22.9 Å². The topological polar surface area (TPSA) is 45.7 Å². The minimum Gasteiger partial charge on any atom is -0.379 e. The highest BCUT2D eigenvalue weighted by molar-refractivity contribution is 7.22. The van der Waals surface area contributed by atoms with E-state index in [4.69, 9.17) is 21.3 Å². The summed E-state index contributed by atoms with van der Waals surface area (Å²) in [5, 5.41) is 1.43. The summed E-state index contributed by atoms with van der Waals surface area (Å²) in [6, 6.07) is 13.7. The number of thiazole rings is 1. The lowest BCUT2D eigenvalue weighted by molar-refractivity contribution is -0.118. The van der Waals surface area contributed by atoms with Crippen molar-refractivity contribution < 1.29 is 9.53 Å². The van der Waals surface area contributed by atoms with Crippen LogP contribution in [0, 0.1) is 6.92 Å². The van der Waals surface area contributed by atoms with Gasteiger partial charge in [0.1, 0.15) is 0 Å². The van der Waals surface area contributed by atoms with Crippen molar-refractivity contribution in [2.24, 2.45) is 0 Å². The van der Waals surface area contributed by atoms with Crippen molar-refractivity contribution in [1.29, 1.82) is 0 Å². The van der Waals surface area contributed by atoms with Gasteiger partial charge in [0.25, 0.3) is 0 Å². The third kappa shape index (κ3) is 4.95. The van der Waals surface area contributed by atoms with Crippen molar-refractivity contribution >= 4 is 44.2 Å². The zero-order chi connectivity index (χ0) is 20.2. The summed E-state index contributed by atoms with van der Waals surface area (Å²) >= 11 is 7.75. The van der Waals surface area contributed by atoms with Crippen LogP contribution in [0.1, 0.15) is 11.1 Å². The van der Waals surface area contributed by atoms with Gasteiger partial charge in [-0.2, -0.15) is 0 Å². The molecule has 1 aliphatic rings. The minimum atomic E-state index is 0.0623. The predicted octanol–water partition coefficient (Wildman–Crippen LogP) is 4.17. The van der Waals surface area contributed by atoms with Crippen LogP contribution in [-0.4, -0.2) is 55.2 Å². The first-order chi connectivity index (χ1) is 14.1. The number of aryl methyl sites for hydroxylation is 1. The van der Waals surface area contributed by atoms with E-state index in [1.54, 1.807) is 0 Å². The van der Waals surface area contributed by atoms with Crippen LogP contribution in [0.25, 0.3) is 10.2 Å². The predicted molar refractivity (Wildman–Crippen MR) is 119 cm³/mol. The quantitative estimate of drug-likeness (QED) is 0.590. The monoisotopic (exact) mass is 429 g/mol. The number of fused-ring (bicyclic) bond motifs is 1. The lowest BCUT2D eigenvalue weighted by Crippen LogP contribution is -2.43. The van der Waals surface area contributed by atoms with Crippen LogP contribution in [0.2, 0.25) is 5.02 Å². The van der Waals surface area contributed by atoms with Gasteiger partial charge in [-0.05, 0) is 30.2 Å². The Labute approximate surface area is 179 Å². The van der Waals surface area contributed by atoms with E-state index in [0.29, 0.717) is 18.0 Å². The van der Waals surface area contributed by atoms with Crippen molar-refractivity contribution in [3.8, 4) is 0 Å². The Morgan fingerprint density at radius 1 is 1.24 bits per heavy atom. The first-order valence-electron chi connectivity index (χ1n) is 9.81. The maximum atomic E-state index is 13.2. The number of anilines is 1. The molecule has 0 saturated carbocycles. The van der Waals surface area contributed by atoms with Crippen molar-refractivity contribution in [2.45, 2.75) is 13.3 Å². The van der Waals surface area contributed by atoms with Gasteiger partial charge < -0.3 is 4.74 Å². The summed E-state index contributed by atoms with van der Waals surface area (Å²) in [6.07, 6.45) is 0.361. The molecule has 2 heterocycles. The smallest absolute Gasteiger partial charge is 0.233 e. The number of nitrogens with zero attached hydrogens (tertiary/aromatic N) is 3. The number of amides is 1. The molecule has 29 heavy (non-hydrogen) atoms. The fraction of sp³-hybridized carbons (Fsp3) is 0.364. The molecule has 0 atom stereocenters. The van der Waals surface area contributed by atoms with Gasteiger partial charge in [0, 0.05) is 31.2 Å². The first kappa shape index (κ1) is 20.3. The molecule has 1 amide bonds. The summed E-state index contributed by atoms with van der Waals surface area (Å²) in [5.41, 5.74) is 2.95. The second-order valence-electron chi connectivity index (χ2n) is 7.23. The molecule has 152 valence electrons. The highest BCUT2D eigenvalue weighted by atomic mass is 35.5. The second kappa shape index (κ2) is 9.22. The molecule has 3 aromatic rings. The number of aromatic nitrogens is 1. The number of benzene rings is 2. The lowest BCUT2D eigenvalue weighted by atomic mass is 10.1. The molecule has 1 saturated heterocycles. The maximum Gasteiger partial charge on any atom is 0.233 e. The Bertz CT molecular complexity index is 986. The number of hydrogen-bond donors (Lipinski definition) is 0. The first-order valence-corrected chi connectivity index (χ1v) is 11.0. The molecule has 5 nitrogen and oxygen atoms in total. The van der Waals surface area contributed by atoms with Crippen LogP contribution in [-0.2, 0) is 16.0 Å². The average Bonchev–Trinajstić information content (AvgIpc) is 3.13. The molecule has 1 aliphatic heterocycles. The number of halogens is 1. The molecule has 0 aliphatic carbocycles. The molecular formula is C22H24ClN3O2S. The Balaban J connectivity index is 1.59. The molecule has 4 rings (SSSR count). The molecule has 0 unspecified atom stereocenters. The van der Waals surface area contributed by atoms with E-state index in [1.807, 2.05) is 54.3 Å². The summed E-state index contributed by atoms with van der Waals surface area (Å²) in [5.74, 6) is 0.0623. The zero-order valence-corrected chi connectivity index (χ0v) is 18.0. The van der Waals surface area contributed by atoms with E-state index in [0.717, 1.165) is 59.3 Å². The fourth-order valence-electron chi connectivity index (χ4n) is 3.52. The van der Waals surface area contributed by atoms with Gasteiger partial charge in [-0.25, -0.2) is 4.98 Å². The summed E-state index contributed by atoms with van der Waals surface area (Å²) in [6.45, 7) is 6.71. The zero-order valence-electron chi connectivity index (χ0n) is 16.4. The Morgan fingerprint density at radius 3 is 2.76 bits per heavy atom. The molecule has 0 N–H and O–H groups in total. The van der Waals surface area contributed by atoms with Crippen molar-refractivity contribution in [2.75, 3.05) is 44.3 Å². The number of carbonyl (C=O) groups is 1. The normalized spacial score (nSPS) is 15.0. The molecule has 1 fully saturated rings.